The van der Waals surface area contributed by atoms with Gasteiger partial charge in [-0.05, 0) is 47.4 Å². The first-order valence-electron chi connectivity index (χ1n) is 12.5. The van der Waals surface area contributed by atoms with Crippen molar-refractivity contribution in [1.29, 1.82) is 0 Å². The number of carboxylic acid groups (broad SMARTS) is 1. The van der Waals surface area contributed by atoms with E-state index in [9.17, 15) is 19.5 Å². The number of amides is 2. The molecule has 3 atom stereocenters. The number of hydrogen-bond donors (Lipinski definition) is 3. The van der Waals surface area contributed by atoms with Crippen LogP contribution in [0.5, 0.6) is 0 Å². The minimum absolute atomic E-state index is 0.0361. The molecule has 186 valence electrons. The smallest absolute Gasteiger partial charge is 0.407 e. The molecule has 2 aromatic rings. The molecule has 1 fully saturated rings. The maximum atomic E-state index is 13.0. The van der Waals surface area contributed by atoms with Gasteiger partial charge >= 0.3 is 12.1 Å². The Hall–Kier alpha value is -3.35. The molecule has 2 amide bonds. The highest BCUT2D eigenvalue weighted by atomic mass is 16.5. The number of aliphatic carboxylic acids is 1. The third-order valence-corrected chi connectivity index (χ3v) is 7.07. The van der Waals surface area contributed by atoms with Gasteiger partial charge in [0.15, 0.2) is 0 Å². The first-order chi connectivity index (χ1) is 16.8. The average molecular weight is 479 g/mol. The molecule has 7 nitrogen and oxygen atoms in total. The van der Waals surface area contributed by atoms with Gasteiger partial charge in [-0.15, -0.1) is 0 Å². The van der Waals surface area contributed by atoms with Crippen LogP contribution in [0.3, 0.4) is 0 Å². The van der Waals surface area contributed by atoms with Crippen LogP contribution in [0.2, 0.25) is 0 Å². The van der Waals surface area contributed by atoms with Crippen molar-refractivity contribution in [1.82, 2.24) is 10.6 Å². The highest BCUT2D eigenvalue weighted by Crippen LogP contribution is 2.44. The molecule has 7 heteroatoms. The van der Waals surface area contributed by atoms with Crippen molar-refractivity contribution < 1.29 is 24.2 Å². The number of carboxylic acids is 1. The summed E-state index contributed by atoms with van der Waals surface area (Å²) in [7, 11) is 0. The fraction of sp³-hybridized carbons (Fsp3) is 0.464. The summed E-state index contributed by atoms with van der Waals surface area (Å²) in [6.45, 7) is 4.05. The minimum atomic E-state index is -1.04. The zero-order chi connectivity index (χ0) is 24.9. The number of carbonyl (C=O) groups is 3. The van der Waals surface area contributed by atoms with Crippen molar-refractivity contribution in [3.8, 4) is 11.1 Å². The van der Waals surface area contributed by atoms with Gasteiger partial charge in [0.25, 0.3) is 0 Å². The summed E-state index contributed by atoms with van der Waals surface area (Å²) < 4.78 is 5.67. The van der Waals surface area contributed by atoms with Crippen LogP contribution in [-0.4, -0.2) is 41.8 Å². The Morgan fingerprint density at radius 2 is 1.57 bits per heavy atom. The van der Waals surface area contributed by atoms with Crippen LogP contribution in [0.15, 0.2) is 48.5 Å². The first kappa shape index (κ1) is 24.8. The predicted octanol–water partition coefficient (Wildman–Crippen LogP) is 4.70. The Morgan fingerprint density at radius 3 is 2.17 bits per heavy atom. The highest BCUT2D eigenvalue weighted by Gasteiger charge is 2.35. The Kier molecular flexibility index (Phi) is 7.73. The lowest BCUT2D eigenvalue weighted by molar-refractivity contribution is -0.143. The largest absolute Gasteiger partial charge is 0.480 e. The van der Waals surface area contributed by atoms with Crippen LogP contribution in [0, 0.1) is 11.8 Å². The lowest BCUT2D eigenvalue weighted by Gasteiger charge is -2.32. The lowest BCUT2D eigenvalue weighted by atomic mass is 9.83. The number of hydrogen-bond acceptors (Lipinski definition) is 4. The normalized spacial score (nSPS) is 20.0. The fourth-order valence-corrected chi connectivity index (χ4v) is 5.38. The molecule has 0 radical (unpaired) electrons. The Labute approximate surface area is 206 Å². The molecule has 0 aromatic heterocycles. The van der Waals surface area contributed by atoms with Crippen LogP contribution in [0.1, 0.15) is 63.0 Å². The zero-order valence-corrected chi connectivity index (χ0v) is 20.3. The molecule has 0 aliphatic heterocycles. The Balaban J connectivity index is 1.38. The van der Waals surface area contributed by atoms with Gasteiger partial charge in [-0.3, -0.25) is 4.79 Å². The second-order valence-electron chi connectivity index (χ2n) is 10.00. The van der Waals surface area contributed by atoms with Gasteiger partial charge in [-0.25, -0.2) is 9.59 Å². The number of benzene rings is 2. The number of carbonyl (C=O) groups excluding carboxylic acids is 2. The molecule has 4 rings (SSSR count). The molecule has 0 spiro atoms. The number of nitrogens with one attached hydrogen (secondary N) is 2. The maximum absolute atomic E-state index is 13.0. The first-order valence-corrected chi connectivity index (χ1v) is 12.5. The van der Waals surface area contributed by atoms with E-state index in [-0.39, 0.29) is 30.4 Å². The van der Waals surface area contributed by atoms with E-state index in [2.05, 4.69) is 34.9 Å². The molecular formula is C28H34N2O5. The third-order valence-electron chi connectivity index (χ3n) is 7.07. The molecule has 0 heterocycles. The molecule has 3 N–H and O–H groups in total. The van der Waals surface area contributed by atoms with Crippen molar-refractivity contribution in [2.24, 2.45) is 11.8 Å². The van der Waals surface area contributed by atoms with Crippen molar-refractivity contribution in [2.75, 3.05) is 6.61 Å². The van der Waals surface area contributed by atoms with Crippen molar-refractivity contribution in [3.63, 3.8) is 0 Å². The average Bonchev–Trinajstić information content (AvgIpc) is 3.16. The molecule has 2 aliphatic carbocycles. The second-order valence-corrected chi connectivity index (χ2v) is 10.00. The number of rotatable bonds is 8. The van der Waals surface area contributed by atoms with Gasteiger partial charge in [0, 0.05) is 12.0 Å². The molecule has 2 aromatic carbocycles. The topological polar surface area (TPSA) is 105 Å². The van der Waals surface area contributed by atoms with Crippen molar-refractivity contribution >= 4 is 18.0 Å². The monoisotopic (exact) mass is 478 g/mol. The Morgan fingerprint density at radius 1 is 0.971 bits per heavy atom. The van der Waals surface area contributed by atoms with Crippen LogP contribution in [0.4, 0.5) is 4.79 Å². The predicted molar refractivity (Wildman–Crippen MR) is 133 cm³/mol. The van der Waals surface area contributed by atoms with Crippen LogP contribution < -0.4 is 10.6 Å². The second kappa shape index (κ2) is 10.9. The summed E-state index contributed by atoms with van der Waals surface area (Å²) in [6.07, 6.45) is 2.83. The van der Waals surface area contributed by atoms with Gasteiger partial charge in [-0.1, -0.05) is 75.2 Å². The van der Waals surface area contributed by atoms with Gasteiger partial charge in [0.2, 0.25) is 5.91 Å². The van der Waals surface area contributed by atoms with E-state index in [1.165, 1.54) is 0 Å². The van der Waals surface area contributed by atoms with Gasteiger partial charge in [-0.2, -0.15) is 0 Å². The van der Waals surface area contributed by atoms with Crippen LogP contribution >= 0.6 is 0 Å². The summed E-state index contributed by atoms with van der Waals surface area (Å²) in [5.41, 5.74) is 4.61. The summed E-state index contributed by atoms with van der Waals surface area (Å²) >= 11 is 0. The van der Waals surface area contributed by atoms with E-state index < -0.39 is 24.0 Å². The summed E-state index contributed by atoms with van der Waals surface area (Å²) in [6, 6.07) is 15.0. The quantitative estimate of drug-likeness (QED) is 0.510. The molecule has 35 heavy (non-hydrogen) atoms. The molecule has 2 aliphatic rings. The molecular weight excluding hydrogens is 444 g/mol. The summed E-state index contributed by atoms with van der Waals surface area (Å²) in [4.78, 5) is 37.3. The van der Waals surface area contributed by atoms with E-state index in [0.29, 0.717) is 19.3 Å². The number of ether oxygens (including phenoxy) is 1. The van der Waals surface area contributed by atoms with E-state index in [0.717, 1.165) is 35.1 Å². The van der Waals surface area contributed by atoms with E-state index in [1.807, 2.05) is 38.1 Å². The molecule has 1 saturated carbocycles. The zero-order valence-electron chi connectivity index (χ0n) is 20.3. The summed E-state index contributed by atoms with van der Waals surface area (Å²) in [5.74, 6) is -1.73. The standard InChI is InChI=1S/C28H34N2O5/c1-17(2)15-25(27(32)33)29-26(31)22-13-7-8-14-24(22)30-28(34)35-16-23-20-11-5-3-9-18(20)19-10-4-6-12-21(19)23/h3-6,9-12,17,22-25H,7-8,13-16H2,1-2H3,(H,29,31)(H,30,34)(H,32,33). The van der Waals surface area contributed by atoms with Gasteiger partial charge in [0.05, 0.1) is 5.92 Å². The number of alkyl carbamates (subject to hydrolysis) is 1. The van der Waals surface area contributed by atoms with Crippen molar-refractivity contribution in [3.05, 3.63) is 59.7 Å². The van der Waals surface area contributed by atoms with Gasteiger partial charge < -0.3 is 20.5 Å². The molecule has 0 saturated heterocycles. The Bertz CT molecular complexity index is 1040. The number of fused-ring (bicyclic) bond motifs is 3. The summed E-state index contributed by atoms with van der Waals surface area (Å²) in [5, 5.41) is 15.1. The third kappa shape index (κ3) is 5.66. The van der Waals surface area contributed by atoms with E-state index >= 15 is 0 Å². The van der Waals surface area contributed by atoms with E-state index in [4.69, 9.17) is 4.74 Å². The minimum Gasteiger partial charge on any atom is -0.480 e. The van der Waals surface area contributed by atoms with Crippen molar-refractivity contribution in [2.45, 2.75) is 64.0 Å². The van der Waals surface area contributed by atoms with E-state index in [1.54, 1.807) is 0 Å². The van der Waals surface area contributed by atoms with Gasteiger partial charge in [0.1, 0.15) is 12.6 Å². The van der Waals surface area contributed by atoms with Crippen LogP contribution in [0.25, 0.3) is 11.1 Å². The highest BCUT2D eigenvalue weighted by molar-refractivity contribution is 5.86. The fourth-order valence-electron chi connectivity index (χ4n) is 5.38. The maximum Gasteiger partial charge on any atom is 0.407 e. The SMILES string of the molecule is CC(C)CC(NC(=O)C1CCCCC1NC(=O)OCC1c2ccccc2-c2ccccc21)C(=O)O. The van der Waals surface area contributed by atoms with Crippen LogP contribution in [-0.2, 0) is 14.3 Å². The molecule has 0 bridgehead atoms. The lowest BCUT2D eigenvalue weighted by Crippen LogP contribution is -2.52. The molecule has 3 unspecified atom stereocenters.